The van der Waals surface area contributed by atoms with E-state index in [1.54, 1.807) is 24.3 Å². The minimum Gasteiger partial charge on any atom is -1.00 e. The lowest BCUT2D eigenvalue weighted by Crippen LogP contribution is -3.13. The van der Waals surface area contributed by atoms with Gasteiger partial charge in [-0.05, 0) is 43.5 Å². The van der Waals surface area contributed by atoms with E-state index in [1.165, 1.54) is 37.3 Å². The van der Waals surface area contributed by atoms with Crippen molar-refractivity contribution in [1.82, 2.24) is 0 Å². The Morgan fingerprint density at radius 1 is 1.20 bits per heavy atom. The fraction of sp³-hybridized carbons (Fsp3) is 0.500. The quantitative estimate of drug-likeness (QED) is 0.745. The van der Waals surface area contributed by atoms with E-state index in [0.717, 1.165) is 6.54 Å². The number of carbonyl (C=O) groups excluding carboxylic acids is 1. The molecule has 1 aromatic carbocycles. The molecule has 1 heterocycles. The highest BCUT2D eigenvalue weighted by Gasteiger charge is 2.13. The Kier molecular flexibility index (Phi) is 7.73. The van der Waals surface area contributed by atoms with Gasteiger partial charge in [0, 0.05) is 10.7 Å². The number of nitrogens with one attached hydrogen (secondary N) is 2. The molecule has 112 valence electrons. The lowest BCUT2D eigenvalue weighted by Gasteiger charge is -2.23. The molecule has 0 aliphatic carbocycles. The fourth-order valence-electron chi connectivity index (χ4n) is 2.28. The largest absolute Gasteiger partial charge is 1.00 e. The van der Waals surface area contributed by atoms with Crippen molar-refractivity contribution in [2.45, 2.75) is 19.3 Å². The van der Waals surface area contributed by atoms with Crippen LogP contribution in [0.5, 0.6) is 0 Å². The summed E-state index contributed by atoms with van der Waals surface area (Å²) in [7, 11) is 0. The van der Waals surface area contributed by atoms with Crippen LogP contribution in [-0.2, 0) is 4.74 Å². The van der Waals surface area contributed by atoms with Gasteiger partial charge < -0.3 is 22.0 Å². The van der Waals surface area contributed by atoms with Gasteiger partial charge in [-0.1, -0.05) is 11.6 Å². The molecule has 0 radical (unpaired) electrons. The van der Waals surface area contributed by atoms with Gasteiger partial charge in [0.15, 0.2) is 0 Å². The zero-order valence-electron chi connectivity index (χ0n) is 11.3. The van der Waals surface area contributed by atoms with Crippen LogP contribution in [0.2, 0.25) is 5.02 Å². The van der Waals surface area contributed by atoms with Gasteiger partial charge in [-0.2, -0.15) is 0 Å². The van der Waals surface area contributed by atoms with Crippen molar-refractivity contribution >= 4 is 23.4 Å². The first-order valence-corrected chi connectivity index (χ1v) is 7.15. The van der Waals surface area contributed by atoms with E-state index in [4.69, 9.17) is 16.3 Å². The summed E-state index contributed by atoms with van der Waals surface area (Å²) in [6.07, 6.45) is 3.50. The van der Waals surface area contributed by atoms with Crippen molar-refractivity contribution in [3.8, 4) is 0 Å². The van der Waals surface area contributed by atoms with E-state index < -0.39 is 6.09 Å². The first kappa shape index (κ1) is 17.1. The summed E-state index contributed by atoms with van der Waals surface area (Å²) in [6, 6.07) is 6.96. The molecule has 1 amide bonds. The van der Waals surface area contributed by atoms with E-state index in [9.17, 15) is 4.79 Å². The van der Waals surface area contributed by atoms with Gasteiger partial charge in [0.05, 0.1) is 13.1 Å². The molecule has 2 rings (SSSR count). The molecule has 6 heteroatoms. The Morgan fingerprint density at radius 3 is 2.50 bits per heavy atom. The van der Waals surface area contributed by atoms with Gasteiger partial charge in [0.25, 0.3) is 0 Å². The molecule has 4 nitrogen and oxygen atoms in total. The van der Waals surface area contributed by atoms with E-state index in [0.29, 0.717) is 17.3 Å². The predicted octanol–water partition coefficient (Wildman–Crippen LogP) is -1.04. The normalized spacial score (nSPS) is 15.2. The SMILES string of the molecule is O=C(Nc1ccc(Cl)cc1)OCC[NH+]1CCCCC1.[Cl-]. The Bertz CT molecular complexity index is 406. The van der Waals surface area contributed by atoms with Crippen LogP contribution in [-0.4, -0.2) is 32.3 Å². The number of piperidine rings is 1. The van der Waals surface area contributed by atoms with Crippen LogP contribution in [0.3, 0.4) is 0 Å². The van der Waals surface area contributed by atoms with Gasteiger partial charge in [0.2, 0.25) is 0 Å². The first-order valence-electron chi connectivity index (χ1n) is 6.77. The van der Waals surface area contributed by atoms with Crippen LogP contribution >= 0.6 is 11.6 Å². The van der Waals surface area contributed by atoms with Crippen molar-refractivity contribution < 1.29 is 26.8 Å². The number of quaternary nitrogens is 1. The van der Waals surface area contributed by atoms with Crippen LogP contribution in [0.15, 0.2) is 24.3 Å². The van der Waals surface area contributed by atoms with Gasteiger partial charge in [-0.25, -0.2) is 4.79 Å². The lowest BCUT2D eigenvalue weighted by atomic mass is 10.1. The smallest absolute Gasteiger partial charge is 0.411 e. The fourth-order valence-corrected chi connectivity index (χ4v) is 2.40. The van der Waals surface area contributed by atoms with Crippen molar-refractivity contribution in [3.05, 3.63) is 29.3 Å². The third-order valence-electron chi connectivity index (χ3n) is 3.34. The average Bonchev–Trinajstić information content (AvgIpc) is 2.43. The average molecular weight is 319 g/mol. The maximum absolute atomic E-state index is 11.6. The molecular weight excluding hydrogens is 299 g/mol. The second-order valence-corrected chi connectivity index (χ2v) is 5.26. The van der Waals surface area contributed by atoms with Crippen molar-refractivity contribution in [1.29, 1.82) is 0 Å². The number of halogens is 2. The first-order chi connectivity index (χ1) is 9.24. The van der Waals surface area contributed by atoms with Crippen LogP contribution in [0, 0.1) is 0 Å². The molecule has 1 fully saturated rings. The molecular formula is C14H20Cl2N2O2. The molecule has 0 saturated carbocycles. The number of hydrogen-bond donors (Lipinski definition) is 2. The molecule has 0 spiro atoms. The maximum Gasteiger partial charge on any atom is 0.411 e. The van der Waals surface area contributed by atoms with Crippen LogP contribution in [0.4, 0.5) is 10.5 Å². The number of hydrogen-bond acceptors (Lipinski definition) is 2. The third-order valence-corrected chi connectivity index (χ3v) is 3.59. The van der Waals surface area contributed by atoms with Crippen LogP contribution in [0.1, 0.15) is 19.3 Å². The molecule has 0 unspecified atom stereocenters. The van der Waals surface area contributed by atoms with Crippen molar-refractivity contribution in [2.75, 3.05) is 31.6 Å². The summed E-state index contributed by atoms with van der Waals surface area (Å²) < 4.78 is 5.18. The number of anilines is 1. The molecule has 0 atom stereocenters. The summed E-state index contributed by atoms with van der Waals surface area (Å²) in [6.45, 7) is 3.76. The summed E-state index contributed by atoms with van der Waals surface area (Å²) in [5, 5.41) is 3.32. The van der Waals surface area contributed by atoms with E-state index >= 15 is 0 Å². The summed E-state index contributed by atoms with van der Waals surface area (Å²) in [5.41, 5.74) is 0.694. The van der Waals surface area contributed by atoms with E-state index in [1.807, 2.05) is 0 Å². The zero-order valence-corrected chi connectivity index (χ0v) is 12.8. The van der Waals surface area contributed by atoms with Gasteiger partial charge in [0.1, 0.15) is 13.2 Å². The molecule has 0 bridgehead atoms. The number of rotatable bonds is 4. The highest BCUT2D eigenvalue weighted by atomic mass is 35.5. The summed E-state index contributed by atoms with van der Waals surface area (Å²) >= 11 is 5.77. The predicted molar refractivity (Wildman–Crippen MR) is 75.8 cm³/mol. The molecule has 1 aliphatic heterocycles. The Hall–Kier alpha value is -0.970. The second-order valence-electron chi connectivity index (χ2n) is 4.83. The van der Waals surface area contributed by atoms with Crippen molar-refractivity contribution in [2.24, 2.45) is 0 Å². The van der Waals surface area contributed by atoms with Crippen LogP contribution < -0.4 is 22.6 Å². The van der Waals surface area contributed by atoms with Crippen LogP contribution in [0.25, 0.3) is 0 Å². The Labute approximate surface area is 130 Å². The topological polar surface area (TPSA) is 42.8 Å². The third kappa shape index (κ3) is 5.99. The van der Waals surface area contributed by atoms with E-state index in [2.05, 4.69) is 5.32 Å². The minimum atomic E-state index is -0.404. The molecule has 1 saturated heterocycles. The zero-order chi connectivity index (χ0) is 13.5. The van der Waals surface area contributed by atoms with Gasteiger partial charge in [-0.15, -0.1) is 0 Å². The number of amides is 1. The minimum absolute atomic E-state index is 0. The second kappa shape index (κ2) is 9.06. The number of ether oxygens (including phenoxy) is 1. The Morgan fingerprint density at radius 2 is 1.85 bits per heavy atom. The summed E-state index contributed by atoms with van der Waals surface area (Å²) in [4.78, 5) is 13.1. The molecule has 20 heavy (non-hydrogen) atoms. The number of carbonyl (C=O) groups is 1. The van der Waals surface area contributed by atoms with Gasteiger partial charge >= 0.3 is 6.09 Å². The van der Waals surface area contributed by atoms with Gasteiger partial charge in [-0.3, -0.25) is 5.32 Å². The van der Waals surface area contributed by atoms with E-state index in [-0.39, 0.29) is 12.4 Å². The monoisotopic (exact) mass is 318 g/mol. The molecule has 1 aliphatic rings. The lowest BCUT2D eigenvalue weighted by molar-refractivity contribution is -0.905. The molecule has 0 aromatic heterocycles. The standard InChI is InChI=1S/C14H19ClN2O2.ClH/c15-12-4-6-13(7-5-12)16-14(18)19-11-10-17-8-2-1-3-9-17;/h4-7H,1-3,8-11H2,(H,16,18);1H. The van der Waals surface area contributed by atoms with Crippen molar-refractivity contribution in [3.63, 3.8) is 0 Å². The Balaban J connectivity index is 0.00000200. The highest BCUT2D eigenvalue weighted by Crippen LogP contribution is 2.13. The molecule has 2 N–H and O–H groups in total. The summed E-state index contributed by atoms with van der Waals surface area (Å²) in [5.74, 6) is 0. The highest BCUT2D eigenvalue weighted by molar-refractivity contribution is 6.30. The molecule has 1 aromatic rings. The number of likely N-dealkylation sites (tertiary alicyclic amines) is 1. The number of benzene rings is 1. The maximum atomic E-state index is 11.6.